The molecule has 21 heavy (non-hydrogen) atoms. The van der Waals surface area contributed by atoms with E-state index in [4.69, 9.17) is 21.1 Å². The zero-order chi connectivity index (χ0) is 15.4. The van der Waals surface area contributed by atoms with E-state index in [1.54, 1.807) is 14.2 Å². The molecule has 1 aromatic heterocycles. The van der Waals surface area contributed by atoms with Crippen LogP contribution < -0.4 is 9.47 Å². The summed E-state index contributed by atoms with van der Waals surface area (Å²) in [6.07, 6.45) is 1.87. The summed E-state index contributed by atoms with van der Waals surface area (Å²) in [6.45, 7) is 2.11. The largest absolute Gasteiger partial charge is 0.497 e. The number of aromatic nitrogens is 2. The van der Waals surface area contributed by atoms with Crippen LogP contribution in [0, 0.1) is 3.57 Å². The van der Waals surface area contributed by atoms with Crippen LogP contribution in [-0.2, 0) is 6.42 Å². The Labute approximate surface area is 143 Å². The Bertz CT molecular complexity index is 628. The molecule has 0 aliphatic heterocycles. The second-order valence-electron chi connectivity index (χ2n) is 4.45. The Morgan fingerprint density at radius 1 is 1.10 bits per heavy atom. The first-order valence-corrected chi connectivity index (χ1v) is 8.00. The first kappa shape index (κ1) is 16.3. The van der Waals surface area contributed by atoms with Crippen molar-refractivity contribution in [3.8, 4) is 22.9 Å². The highest BCUT2D eigenvalue weighted by Crippen LogP contribution is 2.30. The lowest BCUT2D eigenvalue weighted by Crippen LogP contribution is -2.01. The molecule has 2 aromatic rings. The van der Waals surface area contributed by atoms with Crippen molar-refractivity contribution in [3.05, 3.63) is 32.6 Å². The maximum atomic E-state index is 6.23. The smallest absolute Gasteiger partial charge is 0.161 e. The SMILES string of the molecule is CCCc1nc(-c2cc(OC)cc(OC)c2)nc(Cl)c1I. The third kappa shape index (κ3) is 3.77. The van der Waals surface area contributed by atoms with E-state index in [0.717, 1.165) is 27.7 Å². The van der Waals surface area contributed by atoms with Crippen molar-refractivity contribution >= 4 is 34.2 Å². The van der Waals surface area contributed by atoms with E-state index in [-0.39, 0.29) is 0 Å². The van der Waals surface area contributed by atoms with E-state index in [1.165, 1.54) is 0 Å². The molecule has 0 unspecified atom stereocenters. The quantitative estimate of drug-likeness (QED) is 0.534. The lowest BCUT2D eigenvalue weighted by atomic mass is 10.1. The van der Waals surface area contributed by atoms with Gasteiger partial charge >= 0.3 is 0 Å². The van der Waals surface area contributed by atoms with Crippen molar-refractivity contribution in [1.82, 2.24) is 9.97 Å². The summed E-state index contributed by atoms with van der Waals surface area (Å²) < 4.78 is 11.5. The van der Waals surface area contributed by atoms with Gasteiger partial charge in [-0.2, -0.15) is 0 Å². The maximum Gasteiger partial charge on any atom is 0.161 e. The van der Waals surface area contributed by atoms with Gasteiger partial charge in [0, 0.05) is 11.6 Å². The van der Waals surface area contributed by atoms with Crippen LogP contribution in [0.4, 0.5) is 0 Å². The van der Waals surface area contributed by atoms with Crippen molar-refractivity contribution in [3.63, 3.8) is 0 Å². The molecule has 0 saturated carbocycles. The average molecular weight is 419 g/mol. The minimum Gasteiger partial charge on any atom is -0.497 e. The molecule has 0 spiro atoms. The predicted octanol–water partition coefficient (Wildman–Crippen LogP) is 4.37. The number of hydrogen-bond donors (Lipinski definition) is 0. The number of halogens is 2. The number of rotatable bonds is 5. The second-order valence-corrected chi connectivity index (χ2v) is 5.89. The van der Waals surface area contributed by atoms with Gasteiger partial charge in [-0.15, -0.1) is 0 Å². The Hall–Kier alpha value is -1.08. The monoisotopic (exact) mass is 418 g/mol. The molecule has 0 bridgehead atoms. The number of ether oxygens (including phenoxy) is 2. The Balaban J connectivity index is 2.55. The van der Waals surface area contributed by atoms with Gasteiger partial charge in [-0.25, -0.2) is 9.97 Å². The standard InChI is InChI=1S/C15H16ClIN2O2/c1-4-5-12-13(17)14(16)19-15(18-12)9-6-10(20-2)8-11(7-9)21-3/h6-8H,4-5H2,1-3H3. The van der Waals surface area contributed by atoms with Crippen LogP contribution in [0.15, 0.2) is 18.2 Å². The molecule has 112 valence electrons. The molecule has 0 aliphatic rings. The Kier molecular flexibility index (Phi) is 5.64. The first-order valence-electron chi connectivity index (χ1n) is 6.54. The molecule has 0 atom stereocenters. The van der Waals surface area contributed by atoms with Crippen LogP contribution in [0.5, 0.6) is 11.5 Å². The van der Waals surface area contributed by atoms with Crippen molar-refractivity contribution in [2.45, 2.75) is 19.8 Å². The number of hydrogen-bond acceptors (Lipinski definition) is 4. The van der Waals surface area contributed by atoms with Gasteiger partial charge in [-0.1, -0.05) is 24.9 Å². The molecule has 0 fully saturated rings. The fourth-order valence-corrected chi connectivity index (χ4v) is 2.63. The molecule has 2 rings (SSSR count). The van der Waals surface area contributed by atoms with E-state index in [0.29, 0.717) is 22.5 Å². The fourth-order valence-electron chi connectivity index (χ4n) is 1.93. The van der Waals surface area contributed by atoms with Crippen LogP contribution in [0.3, 0.4) is 0 Å². The molecular formula is C15H16ClIN2O2. The third-order valence-electron chi connectivity index (χ3n) is 2.98. The summed E-state index contributed by atoms with van der Waals surface area (Å²) in [5.74, 6) is 1.97. The van der Waals surface area contributed by atoms with Crippen LogP contribution in [0.1, 0.15) is 19.0 Å². The van der Waals surface area contributed by atoms with Gasteiger partial charge in [0.05, 0.1) is 23.5 Å². The van der Waals surface area contributed by atoms with E-state index in [2.05, 4.69) is 39.5 Å². The summed E-state index contributed by atoms with van der Waals surface area (Å²) >= 11 is 8.42. The van der Waals surface area contributed by atoms with Crippen LogP contribution in [0.2, 0.25) is 5.15 Å². The van der Waals surface area contributed by atoms with Crippen molar-refractivity contribution < 1.29 is 9.47 Å². The number of aryl methyl sites for hydroxylation is 1. The van der Waals surface area contributed by atoms with Crippen molar-refractivity contribution in [2.75, 3.05) is 14.2 Å². The van der Waals surface area contributed by atoms with Crippen molar-refractivity contribution in [2.24, 2.45) is 0 Å². The molecule has 0 N–H and O–H groups in total. The Morgan fingerprint density at radius 2 is 1.71 bits per heavy atom. The molecule has 0 saturated heterocycles. The molecule has 1 heterocycles. The van der Waals surface area contributed by atoms with Gasteiger partial charge in [-0.05, 0) is 41.1 Å². The van der Waals surface area contributed by atoms with Gasteiger partial charge in [0.15, 0.2) is 5.82 Å². The van der Waals surface area contributed by atoms with E-state index < -0.39 is 0 Å². The number of benzene rings is 1. The van der Waals surface area contributed by atoms with Gasteiger partial charge in [0.1, 0.15) is 16.7 Å². The minimum atomic E-state index is 0.478. The highest BCUT2D eigenvalue weighted by molar-refractivity contribution is 14.1. The lowest BCUT2D eigenvalue weighted by Gasteiger charge is -2.10. The summed E-state index contributed by atoms with van der Waals surface area (Å²) in [5.41, 5.74) is 1.79. The third-order valence-corrected chi connectivity index (χ3v) is 4.70. The average Bonchev–Trinajstić information content (AvgIpc) is 2.51. The molecule has 0 aliphatic carbocycles. The van der Waals surface area contributed by atoms with Crippen LogP contribution >= 0.6 is 34.2 Å². The molecule has 6 heteroatoms. The topological polar surface area (TPSA) is 44.2 Å². The second kappa shape index (κ2) is 7.26. The van der Waals surface area contributed by atoms with E-state index in [9.17, 15) is 0 Å². The summed E-state index contributed by atoms with van der Waals surface area (Å²) in [6, 6.07) is 5.55. The number of nitrogens with zero attached hydrogens (tertiary/aromatic N) is 2. The first-order chi connectivity index (χ1) is 10.1. The number of methoxy groups -OCH3 is 2. The molecule has 0 radical (unpaired) electrons. The zero-order valence-corrected chi connectivity index (χ0v) is 15.0. The zero-order valence-electron chi connectivity index (χ0n) is 12.1. The Morgan fingerprint density at radius 3 is 2.24 bits per heavy atom. The van der Waals surface area contributed by atoms with Gasteiger partial charge in [0.2, 0.25) is 0 Å². The van der Waals surface area contributed by atoms with Gasteiger partial charge in [-0.3, -0.25) is 0 Å². The maximum absolute atomic E-state index is 6.23. The molecular weight excluding hydrogens is 403 g/mol. The highest BCUT2D eigenvalue weighted by atomic mass is 127. The van der Waals surface area contributed by atoms with Crippen LogP contribution in [-0.4, -0.2) is 24.2 Å². The minimum absolute atomic E-state index is 0.478. The van der Waals surface area contributed by atoms with Gasteiger partial charge in [0.25, 0.3) is 0 Å². The summed E-state index contributed by atoms with van der Waals surface area (Å²) in [7, 11) is 3.23. The molecule has 4 nitrogen and oxygen atoms in total. The fraction of sp³-hybridized carbons (Fsp3) is 0.333. The molecule has 0 amide bonds. The van der Waals surface area contributed by atoms with Gasteiger partial charge < -0.3 is 9.47 Å². The summed E-state index contributed by atoms with van der Waals surface area (Å²) in [4.78, 5) is 9.00. The summed E-state index contributed by atoms with van der Waals surface area (Å²) in [5, 5.41) is 0.478. The van der Waals surface area contributed by atoms with Crippen LogP contribution in [0.25, 0.3) is 11.4 Å². The normalized spacial score (nSPS) is 10.5. The molecule has 1 aromatic carbocycles. The van der Waals surface area contributed by atoms with Crippen molar-refractivity contribution in [1.29, 1.82) is 0 Å². The van der Waals surface area contributed by atoms with E-state index >= 15 is 0 Å². The highest BCUT2D eigenvalue weighted by Gasteiger charge is 2.13. The predicted molar refractivity (Wildman–Crippen MR) is 92.3 cm³/mol. The van der Waals surface area contributed by atoms with E-state index in [1.807, 2.05) is 18.2 Å². The lowest BCUT2D eigenvalue weighted by molar-refractivity contribution is 0.394.